The number of rotatable bonds is 5. The van der Waals surface area contributed by atoms with Gasteiger partial charge in [-0.05, 0) is 31.2 Å². The zero-order valence-electron chi connectivity index (χ0n) is 16.5. The van der Waals surface area contributed by atoms with Crippen LogP contribution in [0.15, 0.2) is 53.2 Å². The minimum absolute atomic E-state index is 0.0151. The summed E-state index contributed by atoms with van der Waals surface area (Å²) in [5.74, 6) is -0.373. The van der Waals surface area contributed by atoms with Crippen molar-refractivity contribution >= 4 is 23.2 Å². The number of nitriles is 1. The first-order valence-electron chi connectivity index (χ1n) is 9.21. The van der Waals surface area contributed by atoms with E-state index in [1.807, 2.05) is 6.07 Å². The van der Waals surface area contributed by atoms with Gasteiger partial charge in [0, 0.05) is 22.2 Å². The molecule has 2 aromatic carbocycles. The van der Waals surface area contributed by atoms with Crippen molar-refractivity contribution in [2.75, 3.05) is 0 Å². The Morgan fingerprint density at radius 1 is 1.22 bits per heavy atom. The van der Waals surface area contributed by atoms with Crippen LogP contribution in [0.2, 0.25) is 10.0 Å². The van der Waals surface area contributed by atoms with Gasteiger partial charge in [-0.2, -0.15) is 9.99 Å². The lowest BCUT2D eigenvalue weighted by atomic mass is 10.1. The van der Waals surface area contributed by atoms with E-state index < -0.39 is 5.82 Å². The Labute approximate surface area is 191 Å². The number of halogens is 3. The summed E-state index contributed by atoms with van der Waals surface area (Å²) in [7, 11) is 0. The van der Waals surface area contributed by atoms with Crippen LogP contribution in [0.3, 0.4) is 0 Å². The number of aromatic nitrogens is 3. The van der Waals surface area contributed by atoms with Gasteiger partial charge in [0.2, 0.25) is 11.8 Å². The van der Waals surface area contributed by atoms with E-state index in [0.717, 1.165) is 0 Å². The van der Waals surface area contributed by atoms with Gasteiger partial charge >= 0.3 is 0 Å². The molecule has 0 spiro atoms. The third-order valence-electron chi connectivity index (χ3n) is 4.52. The maximum atomic E-state index is 15.2. The van der Waals surface area contributed by atoms with Crippen LogP contribution in [0.4, 0.5) is 4.39 Å². The van der Waals surface area contributed by atoms with E-state index >= 15 is 4.39 Å². The van der Waals surface area contributed by atoms with Gasteiger partial charge in [0.15, 0.2) is 24.0 Å². The molecule has 0 N–H and O–H groups in total. The fraction of sp³-hybridized carbons (Fsp3) is 0.0909. The summed E-state index contributed by atoms with van der Waals surface area (Å²) in [5.41, 5.74) is 1.73. The molecule has 0 fully saturated rings. The van der Waals surface area contributed by atoms with Crippen molar-refractivity contribution in [2.45, 2.75) is 13.3 Å². The highest BCUT2D eigenvalue weighted by molar-refractivity contribution is 6.32. The highest BCUT2D eigenvalue weighted by Crippen LogP contribution is 2.36. The molecule has 0 unspecified atom stereocenters. The Balaban J connectivity index is 1.62. The maximum Gasteiger partial charge on any atom is 0.248 e. The first-order chi connectivity index (χ1) is 15.3. The predicted octanol–water partition coefficient (Wildman–Crippen LogP) is 5.38. The van der Waals surface area contributed by atoms with E-state index in [9.17, 15) is 5.21 Å². The number of aryl methyl sites for hydroxylation is 1. The second kappa shape index (κ2) is 8.83. The Hall–Kier alpha value is -3.67. The normalized spacial score (nSPS) is 10.7. The van der Waals surface area contributed by atoms with Crippen molar-refractivity contribution in [1.82, 2.24) is 10.2 Å². The molecular weight excluding hydrogens is 458 g/mol. The van der Waals surface area contributed by atoms with E-state index in [1.54, 1.807) is 13.0 Å². The molecule has 0 bridgehead atoms. The maximum absolute atomic E-state index is 15.2. The van der Waals surface area contributed by atoms with Gasteiger partial charge in [0.05, 0.1) is 28.6 Å². The number of benzene rings is 2. The zero-order chi connectivity index (χ0) is 22.8. The second-order valence-corrected chi connectivity index (χ2v) is 7.66. The number of nitrogens with zero attached hydrogens (tertiary/aromatic N) is 4. The molecule has 0 atom stereocenters. The highest BCUT2D eigenvalue weighted by atomic mass is 35.5. The highest BCUT2D eigenvalue weighted by Gasteiger charge is 2.19. The summed E-state index contributed by atoms with van der Waals surface area (Å²) in [4.78, 5) is 0. The molecule has 2 heterocycles. The average molecular weight is 471 g/mol. The number of hydrogen-bond donors (Lipinski definition) is 0. The molecule has 0 amide bonds. The number of ether oxygens (including phenoxy) is 1. The summed E-state index contributed by atoms with van der Waals surface area (Å²) >= 11 is 12.1. The van der Waals surface area contributed by atoms with Gasteiger partial charge in [-0.15, -0.1) is 10.2 Å². The summed E-state index contributed by atoms with van der Waals surface area (Å²) in [6.07, 6.45) is 2.69. The van der Waals surface area contributed by atoms with Crippen molar-refractivity contribution in [2.24, 2.45) is 0 Å². The molecule has 7 nitrogen and oxygen atoms in total. The Morgan fingerprint density at radius 2 is 2.03 bits per heavy atom. The third kappa shape index (κ3) is 4.49. The minimum atomic E-state index is -0.709. The van der Waals surface area contributed by atoms with Crippen molar-refractivity contribution in [3.05, 3.63) is 92.4 Å². The zero-order valence-corrected chi connectivity index (χ0v) is 18.0. The van der Waals surface area contributed by atoms with Crippen LogP contribution in [-0.2, 0) is 6.42 Å². The SMILES string of the molecule is Cc1c[n+]([O-])ccc1-c1nnc(Cc2ccc(Cl)c(Oc3cc(Cl)cc(C#N)c3)c2F)o1. The Bertz CT molecular complexity index is 1370. The molecule has 0 aliphatic rings. The summed E-state index contributed by atoms with van der Waals surface area (Å²) < 4.78 is 27.1. The molecule has 0 saturated carbocycles. The van der Waals surface area contributed by atoms with E-state index in [0.29, 0.717) is 15.9 Å². The number of hydrogen-bond acceptors (Lipinski definition) is 6. The van der Waals surface area contributed by atoms with E-state index in [1.165, 1.54) is 42.7 Å². The van der Waals surface area contributed by atoms with Gasteiger partial charge in [-0.25, -0.2) is 4.39 Å². The van der Waals surface area contributed by atoms with Crippen LogP contribution in [-0.4, -0.2) is 10.2 Å². The average Bonchev–Trinajstić information content (AvgIpc) is 3.21. The van der Waals surface area contributed by atoms with Gasteiger partial charge in [-0.1, -0.05) is 29.3 Å². The molecule has 32 heavy (non-hydrogen) atoms. The molecule has 0 saturated heterocycles. The standard InChI is InChI=1S/C22H13Cl2FN4O3/c1-12-11-29(30)5-4-17(12)22-28-27-19(32-22)8-14-2-3-18(24)21(20(14)25)31-16-7-13(10-26)6-15(23)9-16/h2-7,9,11H,8H2,1H3. The lowest BCUT2D eigenvalue weighted by Crippen LogP contribution is -2.24. The van der Waals surface area contributed by atoms with E-state index in [2.05, 4.69) is 10.2 Å². The van der Waals surface area contributed by atoms with Gasteiger partial charge < -0.3 is 14.4 Å². The largest absolute Gasteiger partial charge is 0.619 e. The van der Waals surface area contributed by atoms with Crippen LogP contribution in [0.1, 0.15) is 22.6 Å². The molecule has 10 heteroatoms. The number of pyridine rings is 1. The quantitative estimate of drug-likeness (QED) is 0.286. The van der Waals surface area contributed by atoms with Crippen LogP contribution < -0.4 is 9.47 Å². The van der Waals surface area contributed by atoms with E-state index in [4.69, 9.17) is 37.6 Å². The predicted molar refractivity (Wildman–Crippen MR) is 114 cm³/mol. The molecule has 0 radical (unpaired) electrons. The summed E-state index contributed by atoms with van der Waals surface area (Å²) in [6.45, 7) is 1.74. The lowest BCUT2D eigenvalue weighted by Gasteiger charge is -2.11. The summed E-state index contributed by atoms with van der Waals surface area (Å²) in [6, 6.07) is 10.8. The van der Waals surface area contributed by atoms with Crippen LogP contribution in [0.5, 0.6) is 11.5 Å². The first-order valence-corrected chi connectivity index (χ1v) is 9.97. The third-order valence-corrected chi connectivity index (χ3v) is 5.04. The van der Waals surface area contributed by atoms with Crippen molar-refractivity contribution < 1.29 is 18.3 Å². The summed E-state index contributed by atoms with van der Waals surface area (Å²) in [5, 5.41) is 28.7. The molecule has 160 valence electrons. The molecule has 0 aliphatic heterocycles. The van der Waals surface area contributed by atoms with Gasteiger partial charge in [0.1, 0.15) is 5.75 Å². The van der Waals surface area contributed by atoms with Crippen LogP contribution >= 0.6 is 23.2 Å². The second-order valence-electron chi connectivity index (χ2n) is 6.82. The van der Waals surface area contributed by atoms with Gasteiger partial charge in [0.25, 0.3) is 0 Å². The topological polar surface area (TPSA) is 98.9 Å². The molecule has 4 aromatic rings. The molecular formula is C22H13Cl2FN4O3. The molecule has 0 aliphatic carbocycles. The fourth-order valence-electron chi connectivity index (χ4n) is 3.03. The molecule has 2 aromatic heterocycles. The molecule has 4 rings (SSSR count). The van der Waals surface area contributed by atoms with Crippen molar-refractivity contribution in [3.8, 4) is 29.0 Å². The Kier molecular flexibility index (Phi) is 5.95. The minimum Gasteiger partial charge on any atom is -0.619 e. The Morgan fingerprint density at radius 3 is 2.78 bits per heavy atom. The van der Waals surface area contributed by atoms with Crippen molar-refractivity contribution in [1.29, 1.82) is 5.26 Å². The monoisotopic (exact) mass is 470 g/mol. The fourth-order valence-corrected chi connectivity index (χ4v) is 3.44. The van der Waals surface area contributed by atoms with Crippen LogP contribution in [0.25, 0.3) is 11.5 Å². The smallest absolute Gasteiger partial charge is 0.248 e. The van der Waals surface area contributed by atoms with Gasteiger partial charge in [-0.3, -0.25) is 0 Å². The van der Waals surface area contributed by atoms with E-state index in [-0.39, 0.29) is 50.9 Å². The lowest BCUT2D eigenvalue weighted by molar-refractivity contribution is -0.605. The van der Waals surface area contributed by atoms with Crippen LogP contribution in [0, 0.1) is 29.3 Å². The first kappa shape index (κ1) is 21.6. The van der Waals surface area contributed by atoms with Crippen molar-refractivity contribution in [3.63, 3.8) is 0 Å².